The van der Waals surface area contributed by atoms with Gasteiger partial charge in [-0.1, -0.05) is 11.9 Å². The van der Waals surface area contributed by atoms with E-state index in [-0.39, 0.29) is 53.1 Å². The molecule has 2 radical (unpaired) electrons. The Balaban J connectivity index is -0.00000000652. The second-order valence-corrected chi connectivity index (χ2v) is 0.911. The van der Waals surface area contributed by atoms with Crippen LogP contribution in [0.25, 0.3) is 0 Å². The molecule has 0 aromatic carbocycles. The first kappa shape index (κ1) is 75.1. The van der Waals surface area contributed by atoms with Gasteiger partial charge >= 0.3 is 68.0 Å². The van der Waals surface area contributed by atoms with Gasteiger partial charge in [-0.2, -0.15) is 0 Å². The summed E-state index contributed by atoms with van der Waals surface area (Å²) in [6.45, 7) is 23.0. The number of rotatable bonds is 2. The van der Waals surface area contributed by atoms with Crippen LogP contribution in [0.1, 0.15) is 0 Å². The van der Waals surface area contributed by atoms with Crippen LogP contribution in [0.3, 0.4) is 0 Å². The van der Waals surface area contributed by atoms with Crippen molar-refractivity contribution in [2.75, 3.05) is 11.9 Å². The molecule has 0 aliphatic carbocycles. The van der Waals surface area contributed by atoms with E-state index in [0.29, 0.717) is 11.9 Å². The van der Waals surface area contributed by atoms with E-state index in [1.54, 1.807) is 0 Å². The van der Waals surface area contributed by atoms with Gasteiger partial charge in [-0.15, -0.1) is 0 Å². The van der Waals surface area contributed by atoms with Crippen LogP contribution in [0.4, 0.5) is 0 Å². The van der Waals surface area contributed by atoms with Gasteiger partial charge in [0.2, 0.25) is 0 Å². The van der Waals surface area contributed by atoms with Gasteiger partial charge in [0.15, 0.2) is 0 Å². The van der Waals surface area contributed by atoms with Crippen LogP contribution in [0.5, 0.6) is 0 Å². The largest absolute Gasteiger partial charge is 3.00 e. The Morgan fingerprint density at radius 2 is 0.842 bits per heavy atom. The summed E-state index contributed by atoms with van der Waals surface area (Å²) < 4.78 is 27.0. The maximum Gasteiger partial charge on any atom is 3.00 e. The minimum atomic E-state index is 0. The van der Waals surface area contributed by atoms with E-state index < -0.39 is 0 Å². The Hall–Kier alpha value is 0.209. The van der Waals surface area contributed by atoms with Gasteiger partial charge in [0.1, 0.15) is 0 Å². The average molecular weight is 406 g/mol. The van der Waals surface area contributed by atoms with Crippen LogP contribution in [0, 0.1) is 43.6 Å². The zero-order valence-corrected chi connectivity index (χ0v) is 13.6. The van der Waals surface area contributed by atoms with Crippen LogP contribution in [-0.4, -0.2) is 17.4 Å². The van der Waals surface area contributed by atoms with Crippen molar-refractivity contribution in [3.63, 3.8) is 0 Å². The van der Waals surface area contributed by atoms with Crippen molar-refractivity contribution >= 4 is 38.8 Å². The zero-order chi connectivity index (χ0) is 14.1. The van der Waals surface area contributed by atoms with E-state index in [4.69, 9.17) is 37.6 Å². The number of thiol groups is 1. The maximum absolute atomic E-state index is 7.50. The molecule has 0 saturated heterocycles. The number of ether oxygens (including phenoxy) is 1. The molecule has 0 amide bonds. The molecule has 0 fully saturated rings. The van der Waals surface area contributed by atoms with E-state index in [1.165, 1.54) is 0 Å². The van der Waals surface area contributed by atoms with Crippen LogP contribution in [-0.2, 0) is 91.6 Å². The smallest absolute Gasteiger partial charge is 0.870 e. The fourth-order valence-electron chi connectivity index (χ4n) is 0.0340. The summed E-state index contributed by atoms with van der Waals surface area (Å²) in [6.07, 6.45) is 0. The predicted molar refractivity (Wildman–Crippen MR) is 58.0 cm³/mol. The summed E-state index contributed by atoms with van der Waals surface area (Å²) in [5, 5.41) is 12.5. The minimum absolute atomic E-state index is 0. The van der Waals surface area contributed by atoms with E-state index in [9.17, 15) is 0 Å². The molecule has 0 bridgehead atoms. The summed E-state index contributed by atoms with van der Waals surface area (Å²) in [6, 6.07) is 0. The summed E-state index contributed by atoms with van der Waals surface area (Å²) in [7, 11) is 0. The second-order valence-electron chi connectivity index (χ2n) is 0.440. The first-order chi connectivity index (χ1) is 7.41. The minimum Gasteiger partial charge on any atom is -0.870 e. The SMILES string of the molecule is [C-]#N.[C-]#N.[C-]#[O+].[C-]#[O+].[C-]#[O+].[Fe+3].[Fe+3].[OH-].[S-]COC[S-].[SH-]. The summed E-state index contributed by atoms with van der Waals surface area (Å²) in [5.41, 5.74) is 0. The van der Waals surface area contributed by atoms with Gasteiger partial charge < -0.3 is 72.6 Å². The van der Waals surface area contributed by atoms with Crippen LogP contribution in [0.15, 0.2) is 0 Å². The molecule has 1 N–H and O–H groups in total. The van der Waals surface area contributed by atoms with Crippen molar-refractivity contribution in [1.82, 2.24) is 0 Å². The van der Waals surface area contributed by atoms with Crippen molar-refractivity contribution in [3.05, 3.63) is 33.1 Å². The molecule has 0 aliphatic heterocycles. The molecular weight excluding hydrogens is 400 g/mol. The third-order valence-corrected chi connectivity index (χ3v) is 0.500. The first-order valence-corrected chi connectivity index (χ1v) is 3.37. The average Bonchev–Trinajstić information content (AvgIpc) is 2.42. The fourth-order valence-corrected chi connectivity index (χ4v) is 0.306. The number of nitrogens with zero attached hydrogens (tertiary/aromatic N) is 2. The summed E-state index contributed by atoms with van der Waals surface area (Å²) >= 11 is 8.72. The van der Waals surface area contributed by atoms with Crippen LogP contribution >= 0.6 is 0 Å². The Morgan fingerprint density at radius 3 is 0.842 bits per heavy atom. The van der Waals surface area contributed by atoms with Gasteiger partial charge in [-0.3, -0.25) is 0 Å². The third kappa shape index (κ3) is 980. The summed E-state index contributed by atoms with van der Waals surface area (Å²) in [5.74, 6) is 0.646. The Morgan fingerprint density at radius 1 is 0.737 bits per heavy atom. The molecule has 0 unspecified atom stereocenters. The molecule has 0 rings (SSSR count). The van der Waals surface area contributed by atoms with Gasteiger partial charge in [0.25, 0.3) is 0 Å². The van der Waals surface area contributed by atoms with Gasteiger partial charge in [-0.25, -0.2) is 0 Å². The van der Waals surface area contributed by atoms with Gasteiger partial charge in [0, 0.05) is 0 Å². The van der Waals surface area contributed by atoms with Gasteiger partial charge in [0.05, 0.1) is 0 Å². The van der Waals surface area contributed by atoms with Crippen molar-refractivity contribution in [1.29, 1.82) is 10.5 Å². The van der Waals surface area contributed by atoms with Gasteiger partial charge in [-0.05, 0) is 0 Å². The standard InChI is InChI=1S/C2H6OS2.2CN.3CO.2Fe.H2O.H2S/c4-1-3-2-5;5*1-2;;;;/h4-5H,1-2H2;;;;;;;;2*1H2/q;2*-1;;;;2*+3;;/p-4. The Bertz CT molecular complexity index is 130. The second kappa shape index (κ2) is 524. The van der Waals surface area contributed by atoms with Crippen LogP contribution < -0.4 is 0 Å². The molecule has 0 atom stereocenters. The van der Waals surface area contributed by atoms with E-state index in [2.05, 4.69) is 49.9 Å². The molecule has 108 valence electrons. The molecular formula is C7H6Fe2N2O5S3. The first-order valence-electron chi connectivity index (χ1n) is 2.21. The van der Waals surface area contributed by atoms with E-state index in [0.717, 1.165) is 0 Å². The maximum atomic E-state index is 7.50. The number of hydrogen-bond donors (Lipinski definition) is 0. The predicted octanol–water partition coefficient (Wildman–Crippen LogP) is -0.360. The van der Waals surface area contributed by atoms with Crippen molar-refractivity contribution in [2.45, 2.75) is 0 Å². The van der Waals surface area contributed by atoms with Crippen molar-refractivity contribution in [2.24, 2.45) is 0 Å². The van der Waals surface area contributed by atoms with Crippen molar-refractivity contribution < 1.29 is 58.3 Å². The molecule has 0 aromatic heterocycles. The topological polar surface area (TPSA) is 147 Å². The third-order valence-electron chi connectivity index (χ3n) is 0.167. The molecule has 0 aromatic rings. The molecule has 19 heavy (non-hydrogen) atoms. The molecule has 7 nitrogen and oxygen atoms in total. The quantitative estimate of drug-likeness (QED) is 0.200. The normalized spacial score (nSPS) is 2.74. The molecule has 0 saturated carbocycles. The van der Waals surface area contributed by atoms with E-state index in [1.807, 2.05) is 0 Å². The molecule has 12 heteroatoms. The molecule has 0 aliphatic rings. The van der Waals surface area contributed by atoms with Crippen LogP contribution in [0.2, 0.25) is 0 Å². The molecule has 0 spiro atoms. The summed E-state index contributed by atoms with van der Waals surface area (Å²) in [4.78, 5) is 0. The Kier molecular flexibility index (Phi) is 2070. The zero-order valence-electron chi connectivity index (χ0n) is 8.86. The number of hydrogen-bond acceptors (Lipinski definition) is 7. The monoisotopic (exact) mass is 406 g/mol. The van der Waals surface area contributed by atoms with E-state index >= 15 is 0 Å². The molecule has 0 heterocycles. The Labute approximate surface area is 152 Å². The fraction of sp³-hybridized carbons (Fsp3) is 0.286. The van der Waals surface area contributed by atoms with Crippen molar-refractivity contribution in [3.8, 4) is 0 Å².